The minimum absolute atomic E-state index is 0.106. The van der Waals surface area contributed by atoms with E-state index in [1.807, 2.05) is 19.0 Å². The maximum Gasteiger partial charge on any atom is 0.348 e. The number of nitrogens with one attached hydrogen (secondary N) is 1. The van der Waals surface area contributed by atoms with E-state index in [9.17, 15) is 25.0 Å². The van der Waals surface area contributed by atoms with E-state index in [0.29, 0.717) is 5.56 Å². The summed E-state index contributed by atoms with van der Waals surface area (Å²) in [6.45, 7) is 0. The van der Waals surface area contributed by atoms with E-state index in [1.54, 1.807) is 24.3 Å². The zero-order valence-electron chi connectivity index (χ0n) is 12.9. The summed E-state index contributed by atoms with van der Waals surface area (Å²) in [4.78, 5) is 34.0. The summed E-state index contributed by atoms with van der Waals surface area (Å²) < 4.78 is 0. The molecule has 0 heterocycles. The van der Waals surface area contributed by atoms with Crippen LogP contribution in [0.1, 0.15) is 10.4 Å². The van der Waals surface area contributed by atoms with Crippen LogP contribution >= 0.6 is 0 Å². The first kappa shape index (κ1) is 16.9. The maximum absolute atomic E-state index is 12.2. The second kappa shape index (κ2) is 6.73. The third kappa shape index (κ3) is 3.64. The molecular weight excluding hydrogens is 316 g/mol. The van der Waals surface area contributed by atoms with Gasteiger partial charge >= 0.3 is 11.4 Å². The average molecular weight is 330 g/mol. The lowest BCUT2D eigenvalue weighted by molar-refractivity contribution is -0.422. The fourth-order valence-electron chi connectivity index (χ4n) is 2.02. The van der Waals surface area contributed by atoms with E-state index in [2.05, 4.69) is 5.32 Å². The Morgan fingerprint density at radius 2 is 1.54 bits per heavy atom. The molecule has 0 saturated carbocycles. The normalized spacial score (nSPS) is 10.1. The summed E-state index contributed by atoms with van der Waals surface area (Å²) in [5, 5.41) is 24.2. The largest absolute Gasteiger partial charge is 0.378 e. The van der Waals surface area contributed by atoms with Crippen LogP contribution in [0.25, 0.3) is 0 Å². The van der Waals surface area contributed by atoms with Crippen molar-refractivity contribution >= 4 is 28.7 Å². The molecule has 0 atom stereocenters. The van der Waals surface area contributed by atoms with Crippen LogP contribution in [0.15, 0.2) is 42.5 Å². The Hall–Kier alpha value is -3.49. The van der Waals surface area contributed by atoms with Crippen LogP contribution in [0, 0.1) is 20.2 Å². The van der Waals surface area contributed by atoms with Crippen LogP contribution in [0.4, 0.5) is 22.7 Å². The molecule has 1 amide bonds. The molecule has 0 saturated heterocycles. The number of anilines is 2. The molecule has 2 aromatic carbocycles. The molecule has 0 aliphatic rings. The van der Waals surface area contributed by atoms with Crippen molar-refractivity contribution in [2.45, 2.75) is 0 Å². The number of amides is 1. The van der Waals surface area contributed by atoms with Crippen LogP contribution in [-0.2, 0) is 0 Å². The van der Waals surface area contributed by atoms with Crippen molar-refractivity contribution in [3.8, 4) is 0 Å². The van der Waals surface area contributed by atoms with Gasteiger partial charge in [0.1, 0.15) is 0 Å². The Balaban J connectivity index is 2.24. The first-order valence-corrected chi connectivity index (χ1v) is 6.81. The number of nitro benzene ring substituents is 2. The van der Waals surface area contributed by atoms with Gasteiger partial charge in [0.2, 0.25) is 0 Å². The maximum atomic E-state index is 12.2. The van der Waals surface area contributed by atoms with E-state index in [0.717, 1.165) is 17.8 Å². The number of hydrogen-bond donors (Lipinski definition) is 1. The van der Waals surface area contributed by atoms with Crippen molar-refractivity contribution in [2.75, 3.05) is 24.3 Å². The molecular formula is C15H14N4O5. The number of carbonyl (C=O) groups excluding carboxylic acids is 1. The highest BCUT2D eigenvalue weighted by Crippen LogP contribution is 2.29. The number of hydrogen-bond acceptors (Lipinski definition) is 6. The first-order chi connectivity index (χ1) is 11.3. The molecule has 0 aromatic heterocycles. The first-order valence-electron chi connectivity index (χ1n) is 6.81. The van der Waals surface area contributed by atoms with Gasteiger partial charge in [0, 0.05) is 43.2 Å². The Kier molecular flexibility index (Phi) is 4.73. The lowest BCUT2D eigenvalue weighted by Crippen LogP contribution is -2.13. The number of nitro groups is 2. The second-order valence-electron chi connectivity index (χ2n) is 5.11. The molecule has 2 rings (SSSR count). The van der Waals surface area contributed by atoms with Gasteiger partial charge in [0.05, 0.1) is 9.85 Å². The molecule has 1 N–H and O–H groups in total. The predicted molar refractivity (Wildman–Crippen MR) is 88.5 cm³/mol. The van der Waals surface area contributed by atoms with E-state index < -0.39 is 27.1 Å². The zero-order chi connectivity index (χ0) is 17.9. The highest BCUT2D eigenvalue weighted by Gasteiger charge is 2.24. The molecule has 9 nitrogen and oxygen atoms in total. The van der Waals surface area contributed by atoms with Crippen molar-refractivity contribution in [3.05, 3.63) is 68.3 Å². The molecule has 0 bridgehead atoms. The lowest BCUT2D eigenvalue weighted by Gasteiger charge is -2.12. The standard InChI is InChI=1S/C15H14N4O5/c1-17(2)12-6-3-10(4-7-12)15(20)16-11-5-8-13(18(21)22)14(9-11)19(23)24/h3-9H,1-2H3,(H,16,20). The van der Waals surface area contributed by atoms with Crippen molar-refractivity contribution in [3.63, 3.8) is 0 Å². The fourth-order valence-corrected chi connectivity index (χ4v) is 2.02. The Bertz CT molecular complexity index is 802. The van der Waals surface area contributed by atoms with Gasteiger partial charge in [-0.05, 0) is 30.3 Å². The van der Waals surface area contributed by atoms with Crippen molar-refractivity contribution in [2.24, 2.45) is 0 Å². The number of carbonyl (C=O) groups is 1. The monoisotopic (exact) mass is 330 g/mol. The topological polar surface area (TPSA) is 119 Å². The van der Waals surface area contributed by atoms with Crippen LogP contribution in [0.2, 0.25) is 0 Å². The summed E-state index contributed by atoms with van der Waals surface area (Å²) in [6.07, 6.45) is 0. The Morgan fingerprint density at radius 1 is 0.958 bits per heavy atom. The summed E-state index contributed by atoms with van der Waals surface area (Å²) in [6, 6.07) is 9.94. The molecule has 124 valence electrons. The highest BCUT2D eigenvalue weighted by molar-refractivity contribution is 6.04. The minimum Gasteiger partial charge on any atom is -0.378 e. The summed E-state index contributed by atoms with van der Waals surface area (Å²) in [7, 11) is 3.73. The van der Waals surface area contributed by atoms with Crippen molar-refractivity contribution in [1.29, 1.82) is 0 Å². The highest BCUT2D eigenvalue weighted by atomic mass is 16.6. The summed E-state index contributed by atoms with van der Waals surface area (Å²) in [5.41, 5.74) is 0.0715. The average Bonchev–Trinajstić information content (AvgIpc) is 2.54. The molecule has 0 aliphatic carbocycles. The minimum atomic E-state index is -0.861. The summed E-state index contributed by atoms with van der Waals surface area (Å²) >= 11 is 0. The molecule has 0 fully saturated rings. The van der Waals surface area contributed by atoms with Gasteiger partial charge in [-0.25, -0.2) is 0 Å². The molecule has 0 unspecified atom stereocenters. The van der Waals surface area contributed by atoms with Gasteiger partial charge in [-0.15, -0.1) is 0 Å². The van der Waals surface area contributed by atoms with Gasteiger partial charge in [-0.3, -0.25) is 25.0 Å². The quantitative estimate of drug-likeness (QED) is 0.665. The van der Waals surface area contributed by atoms with E-state index >= 15 is 0 Å². The molecule has 24 heavy (non-hydrogen) atoms. The van der Waals surface area contributed by atoms with Crippen LogP contribution in [-0.4, -0.2) is 29.8 Å². The van der Waals surface area contributed by atoms with Gasteiger partial charge in [0.15, 0.2) is 0 Å². The van der Waals surface area contributed by atoms with E-state index in [4.69, 9.17) is 0 Å². The molecule has 0 spiro atoms. The van der Waals surface area contributed by atoms with Crippen molar-refractivity contribution in [1.82, 2.24) is 0 Å². The van der Waals surface area contributed by atoms with Crippen molar-refractivity contribution < 1.29 is 14.6 Å². The Labute approximate surface area is 136 Å². The SMILES string of the molecule is CN(C)c1ccc(C(=O)Nc2ccc([N+](=O)[O-])c([N+](=O)[O-])c2)cc1. The third-order valence-corrected chi connectivity index (χ3v) is 3.27. The second-order valence-corrected chi connectivity index (χ2v) is 5.11. The van der Waals surface area contributed by atoms with Crippen LogP contribution in [0.3, 0.4) is 0 Å². The Morgan fingerprint density at radius 3 is 2.04 bits per heavy atom. The van der Waals surface area contributed by atoms with E-state index in [1.165, 1.54) is 6.07 Å². The molecule has 9 heteroatoms. The fraction of sp³-hybridized carbons (Fsp3) is 0.133. The molecule has 0 radical (unpaired) electrons. The number of nitrogens with zero attached hydrogens (tertiary/aromatic N) is 3. The molecule has 0 aliphatic heterocycles. The van der Waals surface area contributed by atoms with E-state index in [-0.39, 0.29) is 5.69 Å². The van der Waals surface area contributed by atoms with Crippen LogP contribution < -0.4 is 10.2 Å². The van der Waals surface area contributed by atoms with Gasteiger partial charge in [-0.1, -0.05) is 0 Å². The number of rotatable bonds is 5. The van der Waals surface area contributed by atoms with Crippen LogP contribution in [0.5, 0.6) is 0 Å². The lowest BCUT2D eigenvalue weighted by atomic mass is 10.1. The number of benzene rings is 2. The van der Waals surface area contributed by atoms with Gasteiger partial charge < -0.3 is 10.2 Å². The third-order valence-electron chi connectivity index (χ3n) is 3.27. The molecule has 2 aromatic rings. The smallest absolute Gasteiger partial charge is 0.348 e. The predicted octanol–water partition coefficient (Wildman–Crippen LogP) is 2.82. The summed E-state index contributed by atoms with van der Waals surface area (Å²) in [5.74, 6) is -0.469. The zero-order valence-corrected chi connectivity index (χ0v) is 12.9. The van der Waals surface area contributed by atoms with Gasteiger partial charge in [-0.2, -0.15) is 0 Å². The van der Waals surface area contributed by atoms with Gasteiger partial charge in [0.25, 0.3) is 5.91 Å².